The van der Waals surface area contributed by atoms with E-state index in [1.54, 1.807) is 4.68 Å². The van der Waals surface area contributed by atoms with Crippen LogP contribution in [0, 0.1) is 10.8 Å². The first-order valence-electron chi connectivity index (χ1n) is 9.31. The molecule has 2 saturated heterocycles. The van der Waals surface area contributed by atoms with Crippen LogP contribution in [-0.4, -0.2) is 55.9 Å². The number of piperazine rings is 1. The van der Waals surface area contributed by atoms with Gasteiger partial charge in [0.1, 0.15) is 26.2 Å². The fourth-order valence-electron chi connectivity index (χ4n) is 3.83. The molecule has 4 rings (SSSR count). The minimum absolute atomic E-state index is 0.0921. The second-order valence-electron chi connectivity index (χ2n) is 7.38. The van der Waals surface area contributed by atoms with Gasteiger partial charge in [0.2, 0.25) is 5.89 Å². The Morgan fingerprint density at radius 2 is 2.15 bits per heavy atom. The largest absolute Gasteiger partial charge is 0.414 e. The molecule has 2 N–H and O–H groups in total. The van der Waals surface area contributed by atoms with Gasteiger partial charge in [0, 0.05) is 12.5 Å². The summed E-state index contributed by atoms with van der Waals surface area (Å²) in [5.41, 5.74) is 0. The fourth-order valence-corrected chi connectivity index (χ4v) is 5.89. The van der Waals surface area contributed by atoms with E-state index in [0.29, 0.717) is 30.2 Å². The lowest BCUT2D eigenvalue weighted by atomic mass is 10.1. The van der Waals surface area contributed by atoms with E-state index in [1.165, 1.54) is 4.90 Å². The molecule has 0 unspecified atom stereocenters. The molecule has 0 bridgehead atoms. The number of aromatic amines is 1. The lowest BCUT2D eigenvalue weighted by Crippen LogP contribution is -3.14. The molecule has 2 aliphatic heterocycles. The Kier molecular flexibility index (Phi) is 5.29. The summed E-state index contributed by atoms with van der Waals surface area (Å²) in [5, 5.41) is 4.50. The third-order valence-corrected chi connectivity index (χ3v) is 7.45. The van der Waals surface area contributed by atoms with Crippen molar-refractivity contribution < 1.29 is 22.7 Å². The molecular weight excluding hydrogens is 386 g/mol. The second-order valence-corrected chi connectivity index (χ2v) is 9.96. The standard InChI is InChI=1S/C17H23N5O3S2/c23-27(24)10-4-14(12-27)11-16-19-22(17(26)25-16)13-20-6-8-21(9-7-20)15-3-1-2-5-18-15/h1-3,5,14H,4,6-13H2/p+2/t14-/m1/s1. The van der Waals surface area contributed by atoms with Crippen molar-refractivity contribution >= 4 is 27.9 Å². The van der Waals surface area contributed by atoms with Crippen LogP contribution in [0.1, 0.15) is 12.3 Å². The maximum atomic E-state index is 11.6. The lowest BCUT2D eigenvalue weighted by Gasteiger charge is -2.27. The monoisotopic (exact) mass is 411 g/mol. The van der Waals surface area contributed by atoms with Gasteiger partial charge in [-0.2, -0.15) is 4.68 Å². The van der Waals surface area contributed by atoms with Crippen LogP contribution < -0.4 is 14.8 Å². The van der Waals surface area contributed by atoms with E-state index in [1.807, 2.05) is 18.3 Å². The van der Waals surface area contributed by atoms with Crippen LogP contribution in [0.3, 0.4) is 0 Å². The zero-order valence-corrected chi connectivity index (χ0v) is 16.8. The van der Waals surface area contributed by atoms with Gasteiger partial charge in [-0.15, -0.1) is 5.10 Å². The summed E-state index contributed by atoms with van der Waals surface area (Å²) in [6, 6.07) is 6.11. The smallest absolute Gasteiger partial charge is 0.291 e. The van der Waals surface area contributed by atoms with Crippen LogP contribution in [0.2, 0.25) is 0 Å². The molecule has 2 aromatic heterocycles. The van der Waals surface area contributed by atoms with Crippen LogP contribution in [0.5, 0.6) is 0 Å². The highest BCUT2D eigenvalue weighted by molar-refractivity contribution is 7.91. The molecular formula is C17H25N5O3S2+2. The highest BCUT2D eigenvalue weighted by Gasteiger charge is 2.30. The van der Waals surface area contributed by atoms with E-state index in [2.05, 4.69) is 21.0 Å². The molecule has 146 valence electrons. The third kappa shape index (κ3) is 4.56. The van der Waals surface area contributed by atoms with Crippen molar-refractivity contribution in [3.05, 3.63) is 35.1 Å². The number of anilines is 1. The molecule has 0 spiro atoms. The van der Waals surface area contributed by atoms with Gasteiger partial charge in [0.15, 0.2) is 16.5 Å². The SMILES string of the molecule is O=S1(=O)CC[C@H](Cc2nn(C[NH+]3CCN(c4cccc[nH+]4)CC3)c(=S)o2)C1. The van der Waals surface area contributed by atoms with Crippen LogP contribution in [0.15, 0.2) is 28.8 Å². The fraction of sp³-hybridized carbons (Fsp3) is 0.588. The van der Waals surface area contributed by atoms with Gasteiger partial charge in [0.25, 0.3) is 10.7 Å². The summed E-state index contributed by atoms with van der Waals surface area (Å²) >= 11 is 5.31. The molecule has 4 heterocycles. The Morgan fingerprint density at radius 1 is 1.33 bits per heavy atom. The predicted octanol–water partition coefficient (Wildman–Crippen LogP) is -0.641. The highest BCUT2D eigenvalue weighted by atomic mass is 32.2. The lowest BCUT2D eigenvalue weighted by molar-refractivity contribution is -0.924. The highest BCUT2D eigenvalue weighted by Crippen LogP contribution is 2.22. The van der Waals surface area contributed by atoms with E-state index >= 15 is 0 Å². The van der Waals surface area contributed by atoms with Crippen molar-refractivity contribution in [2.45, 2.75) is 19.5 Å². The van der Waals surface area contributed by atoms with E-state index in [4.69, 9.17) is 16.6 Å². The molecule has 8 nitrogen and oxygen atoms in total. The Morgan fingerprint density at radius 3 is 2.81 bits per heavy atom. The first kappa shape index (κ1) is 18.6. The van der Waals surface area contributed by atoms with Crippen molar-refractivity contribution in [3.8, 4) is 0 Å². The maximum absolute atomic E-state index is 11.6. The van der Waals surface area contributed by atoms with Gasteiger partial charge in [0.05, 0.1) is 17.7 Å². The first-order valence-corrected chi connectivity index (χ1v) is 11.5. The molecule has 0 radical (unpaired) electrons. The van der Waals surface area contributed by atoms with Gasteiger partial charge < -0.3 is 9.32 Å². The molecule has 2 fully saturated rings. The molecule has 0 aliphatic carbocycles. The van der Waals surface area contributed by atoms with E-state index < -0.39 is 9.84 Å². The van der Waals surface area contributed by atoms with Crippen molar-refractivity contribution in [2.24, 2.45) is 5.92 Å². The molecule has 1 atom stereocenters. The number of rotatable bonds is 5. The van der Waals surface area contributed by atoms with E-state index in [0.717, 1.165) is 32.0 Å². The van der Waals surface area contributed by atoms with Crippen molar-refractivity contribution in [1.82, 2.24) is 9.78 Å². The normalized spacial score (nSPS) is 23.0. The van der Waals surface area contributed by atoms with E-state index in [-0.39, 0.29) is 17.4 Å². The summed E-state index contributed by atoms with van der Waals surface area (Å²) < 4.78 is 30.6. The number of nitrogens with one attached hydrogen (secondary N) is 2. The summed E-state index contributed by atoms with van der Waals surface area (Å²) in [6.07, 6.45) is 3.17. The van der Waals surface area contributed by atoms with Crippen LogP contribution in [-0.2, 0) is 22.9 Å². The minimum Gasteiger partial charge on any atom is -0.414 e. The number of quaternary nitrogens is 1. The predicted molar refractivity (Wildman–Crippen MR) is 102 cm³/mol. The van der Waals surface area contributed by atoms with Gasteiger partial charge in [-0.05, 0) is 30.6 Å². The average Bonchev–Trinajstić information content (AvgIpc) is 3.18. The van der Waals surface area contributed by atoms with Gasteiger partial charge in [-0.25, -0.2) is 13.4 Å². The molecule has 0 amide bonds. The number of sulfone groups is 1. The number of H-pyrrole nitrogens is 1. The molecule has 2 aliphatic rings. The summed E-state index contributed by atoms with van der Waals surface area (Å²) in [7, 11) is -2.88. The number of aromatic nitrogens is 3. The van der Waals surface area contributed by atoms with Crippen molar-refractivity contribution in [3.63, 3.8) is 0 Å². The second kappa shape index (κ2) is 7.69. The Bertz CT molecular complexity index is 933. The zero-order valence-electron chi connectivity index (χ0n) is 15.1. The third-order valence-electron chi connectivity index (χ3n) is 5.32. The van der Waals surface area contributed by atoms with Crippen LogP contribution in [0.4, 0.5) is 5.82 Å². The quantitative estimate of drug-likeness (QED) is 0.659. The Balaban J connectivity index is 1.33. The number of pyridine rings is 1. The number of hydrogen-bond donors (Lipinski definition) is 1. The summed E-state index contributed by atoms with van der Waals surface area (Å²) in [4.78, 5) is 7.40. The molecule has 0 aromatic carbocycles. The van der Waals surface area contributed by atoms with E-state index in [9.17, 15) is 8.42 Å². The minimum atomic E-state index is -2.88. The van der Waals surface area contributed by atoms with Gasteiger partial charge in [-0.1, -0.05) is 6.07 Å². The number of hydrogen-bond acceptors (Lipinski definition) is 6. The first-order chi connectivity index (χ1) is 13.0. The van der Waals surface area contributed by atoms with Crippen molar-refractivity contribution in [1.29, 1.82) is 0 Å². The summed E-state index contributed by atoms with van der Waals surface area (Å²) in [6.45, 7) is 4.60. The zero-order chi connectivity index (χ0) is 18.9. The molecule has 10 heteroatoms. The van der Waals surface area contributed by atoms with Crippen LogP contribution in [0.25, 0.3) is 0 Å². The molecule has 0 saturated carbocycles. The Labute approximate surface area is 163 Å². The van der Waals surface area contributed by atoms with Gasteiger partial charge >= 0.3 is 0 Å². The topological polar surface area (TPSA) is 86.9 Å². The van der Waals surface area contributed by atoms with Crippen molar-refractivity contribution in [2.75, 3.05) is 42.6 Å². The molecule has 2 aromatic rings. The van der Waals surface area contributed by atoms with Crippen LogP contribution >= 0.6 is 12.2 Å². The molecule has 27 heavy (non-hydrogen) atoms. The Hall–Kier alpha value is -1.78. The van der Waals surface area contributed by atoms with Gasteiger partial charge in [-0.3, -0.25) is 4.90 Å². The maximum Gasteiger partial charge on any atom is 0.291 e. The summed E-state index contributed by atoms with van der Waals surface area (Å²) in [5.74, 6) is 2.29. The number of nitrogens with zero attached hydrogens (tertiary/aromatic N) is 3. The average molecular weight is 412 g/mol.